The SMILES string of the molecule is c1ccc(-c2cc(-c3ccccc3)nc(-n3c4ccccc4c4ccc5oc6ccccc6c5c43)n2)cc1.c1ccc(-c2nc(-c3ccccc3)nc(-n3c4cc5c(cc4c4ncccc43)c3ccccc3n5-c3ccccc3)n2)cc1.c1ccc(-c2nc(-c3ccccc3)nc(-n3c4cccnc4c4ccc5c(c6ccccc6n5-c5ccccc5)c43)n2)cc1. The van der Waals surface area contributed by atoms with E-state index in [9.17, 15) is 0 Å². The van der Waals surface area contributed by atoms with E-state index in [1.807, 2.05) is 194 Å². The molecule has 0 aliphatic rings. The van der Waals surface area contributed by atoms with Gasteiger partial charge < -0.3 is 13.6 Å². The third-order valence-corrected chi connectivity index (χ3v) is 23.7. The van der Waals surface area contributed by atoms with Crippen LogP contribution in [0.2, 0.25) is 0 Å². The summed E-state index contributed by atoms with van der Waals surface area (Å²) in [6, 6.07) is 139. The maximum absolute atomic E-state index is 6.28. The van der Waals surface area contributed by atoms with Crippen LogP contribution in [0.25, 0.3) is 229 Å². The molecular formula is C110H69N15O. The monoisotopic (exact) mass is 1620 g/mol. The van der Waals surface area contributed by atoms with Gasteiger partial charge in [0.1, 0.15) is 11.2 Å². The third kappa shape index (κ3) is 12.3. The van der Waals surface area contributed by atoms with Crippen LogP contribution in [0.3, 0.4) is 0 Å². The predicted octanol–water partition coefficient (Wildman–Crippen LogP) is 26.4. The average Bonchev–Trinajstić information content (AvgIpc) is 1.71. The van der Waals surface area contributed by atoms with Gasteiger partial charge in [0.25, 0.3) is 0 Å². The van der Waals surface area contributed by atoms with Gasteiger partial charge in [0.2, 0.25) is 17.8 Å². The van der Waals surface area contributed by atoms with Crippen molar-refractivity contribution < 1.29 is 4.42 Å². The maximum atomic E-state index is 6.28. The fourth-order valence-corrected chi connectivity index (χ4v) is 18.1. The van der Waals surface area contributed by atoms with Gasteiger partial charge in [-0.3, -0.25) is 23.7 Å². The molecule has 0 unspecified atom stereocenters. The molecular weight excluding hydrogens is 1550 g/mol. The number of para-hydroxylation sites is 6. The Morgan fingerprint density at radius 2 is 0.556 bits per heavy atom. The van der Waals surface area contributed by atoms with E-state index in [0.29, 0.717) is 41.1 Å². The average molecular weight is 1620 g/mol. The third-order valence-electron chi connectivity index (χ3n) is 23.7. The second-order valence-electron chi connectivity index (χ2n) is 31.0. The van der Waals surface area contributed by atoms with Crippen molar-refractivity contribution in [2.24, 2.45) is 0 Å². The highest BCUT2D eigenvalue weighted by molar-refractivity contribution is 6.27. The molecule has 0 atom stereocenters. The van der Waals surface area contributed by atoms with Crippen molar-refractivity contribution in [2.45, 2.75) is 0 Å². The van der Waals surface area contributed by atoms with Crippen LogP contribution >= 0.6 is 0 Å². The first-order valence-corrected chi connectivity index (χ1v) is 41.9. The van der Waals surface area contributed by atoms with E-state index < -0.39 is 0 Å². The highest BCUT2D eigenvalue weighted by Gasteiger charge is 2.28. The lowest BCUT2D eigenvalue weighted by molar-refractivity contribution is 0.669. The Labute approximate surface area is 719 Å². The van der Waals surface area contributed by atoms with Crippen molar-refractivity contribution in [3.8, 4) is 97.3 Å². The molecule has 16 heteroatoms. The minimum atomic E-state index is 0.549. The Bertz CT molecular complexity index is 8470. The van der Waals surface area contributed by atoms with Gasteiger partial charge >= 0.3 is 0 Å². The number of benzene rings is 15. The molecule has 0 spiro atoms. The zero-order chi connectivity index (χ0) is 83.1. The topological polar surface area (TPSA) is 167 Å². The zero-order valence-electron chi connectivity index (χ0n) is 67.5. The summed E-state index contributed by atoms with van der Waals surface area (Å²) in [7, 11) is 0. The van der Waals surface area contributed by atoms with Crippen LogP contribution in [-0.4, -0.2) is 72.7 Å². The van der Waals surface area contributed by atoms with Gasteiger partial charge in [-0.2, -0.15) is 19.9 Å². The normalized spacial score (nSPS) is 11.7. The van der Waals surface area contributed by atoms with Crippen LogP contribution in [0.5, 0.6) is 0 Å². The number of fused-ring (bicyclic) bond motifs is 20. The molecule has 0 aliphatic carbocycles. The summed E-state index contributed by atoms with van der Waals surface area (Å²) < 4.78 is 17.4. The van der Waals surface area contributed by atoms with Crippen LogP contribution in [-0.2, 0) is 0 Å². The van der Waals surface area contributed by atoms with Gasteiger partial charge in [0, 0.05) is 106 Å². The minimum Gasteiger partial charge on any atom is -0.456 e. The molecule has 590 valence electrons. The highest BCUT2D eigenvalue weighted by Crippen LogP contribution is 2.46. The molecule has 16 nitrogen and oxygen atoms in total. The van der Waals surface area contributed by atoms with Crippen LogP contribution in [0.15, 0.2) is 423 Å². The van der Waals surface area contributed by atoms with Crippen molar-refractivity contribution in [2.75, 3.05) is 0 Å². The Kier molecular flexibility index (Phi) is 17.5. The molecule has 0 bridgehead atoms. The molecule has 11 heterocycles. The summed E-state index contributed by atoms with van der Waals surface area (Å²) in [6.45, 7) is 0. The number of pyridine rings is 2. The van der Waals surface area contributed by atoms with Crippen molar-refractivity contribution >= 4 is 131 Å². The molecule has 0 saturated carbocycles. The second kappa shape index (κ2) is 30.3. The van der Waals surface area contributed by atoms with Crippen molar-refractivity contribution in [3.63, 3.8) is 0 Å². The van der Waals surface area contributed by atoms with E-state index in [2.05, 4.69) is 247 Å². The molecule has 0 radical (unpaired) electrons. The van der Waals surface area contributed by atoms with Crippen molar-refractivity contribution in [3.05, 3.63) is 419 Å². The smallest absolute Gasteiger partial charge is 0.238 e. The fourth-order valence-electron chi connectivity index (χ4n) is 18.1. The number of rotatable bonds is 11. The first-order chi connectivity index (χ1) is 62.5. The fraction of sp³-hybridized carbons (Fsp3) is 0. The quantitative estimate of drug-likeness (QED) is 0.121. The first-order valence-electron chi connectivity index (χ1n) is 41.9. The van der Waals surface area contributed by atoms with E-state index in [1.165, 1.54) is 10.8 Å². The Morgan fingerprint density at radius 1 is 0.190 bits per heavy atom. The standard InChI is InChI=1S/2C38H24N6.C34H21N3O/c1-4-13-25(14-5-1)36-40-37(26-15-6-2-7-16-26)42-38(41-36)44-32-21-12-24-39-34(32)29-22-23-31-33(35(29)44)28-19-10-11-20-30(28)43(31)27-17-8-3-9-18-27;1-4-13-25(14-5-1)36-40-37(26-15-6-2-7-16-26)42-38(41-36)44-32-21-12-22-39-35(32)30-23-29-28-19-10-11-20-31(28)43(33(29)24-34(30)44)27-17-8-3-9-18-27;1-3-11-22(12-4-1)27-21-28(23-13-5-2-6-14-23)36-34(35-27)37-29-17-9-7-15-24(29)25-19-20-31-32(33(25)37)26-16-8-10-18-30(26)38-31/h2*1-24H;1-21H. The second-order valence-corrected chi connectivity index (χ2v) is 31.0. The van der Waals surface area contributed by atoms with Gasteiger partial charge in [-0.25, -0.2) is 19.9 Å². The number of nitrogens with zero attached hydrogens (tertiary/aromatic N) is 15. The summed E-state index contributed by atoms with van der Waals surface area (Å²) in [5.74, 6) is 4.21. The predicted molar refractivity (Wildman–Crippen MR) is 509 cm³/mol. The number of furan rings is 1. The van der Waals surface area contributed by atoms with Crippen molar-refractivity contribution in [1.29, 1.82) is 0 Å². The zero-order valence-corrected chi connectivity index (χ0v) is 67.5. The molecule has 26 aromatic rings. The van der Waals surface area contributed by atoms with Crippen LogP contribution in [0.4, 0.5) is 0 Å². The summed E-state index contributed by atoms with van der Waals surface area (Å²) in [4.78, 5) is 50.4. The van der Waals surface area contributed by atoms with Gasteiger partial charge in [-0.1, -0.05) is 291 Å². The minimum absolute atomic E-state index is 0.549. The maximum Gasteiger partial charge on any atom is 0.238 e. The lowest BCUT2D eigenvalue weighted by Gasteiger charge is -2.12. The molecule has 26 rings (SSSR count). The molecule has 0 aliphatic heterocycles. The molecule has 0 amide bonds. The number of hydrogen-bond acceptors (Lipinski definition) is 11. The Morgan fingerprint density at radius 3 is 1.08 bits per heavy atom. The van der Waals surface area contributed by atoms with Crippen LogP contribution in [0.1, 0.15) is 0 Å². The molecule has 0 fully saturated rings. The molecule has 0 N–H and O–H groups in total. The van der Waals surface area contributed by atoms with Crippen LogP contribution < -0.4 is 0 Å². The van der Waals surface area contributed by atoms with Gasteiger partial charge in [-0.05, 0) is 115 Å². The van der Waals surface area contributed by atoms with E-state index in [4.69, 9.17) is 54.3 Å². The summed E-state index contributed by atoms with van der Waals surface area (Å²) in [5, 5.41) is 11.2. The van der Waals surface area contributed by atoms with E-state index in [0.717, 1.165) is 177 Å². The summed E-state index contributed by atoms with van der Waals surface area (Å²) >= 11 is 0. The van der Waals surface area contributed by atoms with E-state index >= 15 is 0 Å². The van der Waals surface area contributed by atoms with Crippen LogP contribution in [0, 0.1) is 0 Å². The van der Waals surface area contributed by atoms with Gasteiger partial charge in [0.05, 0.1) is 83.0 Å². The summed E-state index contributed by atoms with van der Waals surface area (Å²) in [5.41, 5.74) is 23.8. The Hall–Kier alpha value is -17.5. The Balaban J connectivity index is 0.000000106. The lowest BCUT2D eigenvalue weighted by Crippen LogP contribution is -2.06. The van der Waals surface area contributed by atoms with Gasteiger partial charge in [0.15, 0.2) is 23.3 Å². The first kappa shape index (κ1) is 72.5. The van der Waals surface area contributed by atoms with E-state index in [-0.39, 0.29) is 0 Å². The lowest BCUT2D eigenvalue weighted by atomic mass is 10.1. The van der Waals surface area contributed by atoms with Gasteiger partial charge in [-0.15, -0.1) is 0 Å². The summed E-state index contributed by atoms with van der Waals surface area (Å²) in [6.07, 6.45) is 3.70. The molecule has 126 heavy (non-hydrogen) atoms. The largest absolute Gasteiger partial charge is 0.456 e. The highest BCUT2D eigenvalue weighted by atomic mass is 16.3. The van der Waals surface area contributed by atoms with Crippen molar-refractivity contribution in [1.82, 2.24) is 72.7 Å². The molecule has 0 saturated heterocycles. The number of aromatic nitrogens is 15. The number of hydrogen-bond donors (Lipinski definition) is 0. The molecule has 11 aromatic heterocycles. The molecule has 15 aromatic carbocycles. The van der Waals surface area contributed by atoms with E-state index in [1.54, 1.807) is 0 Å².